The first-order valence-corrected chi connectivity index (χ1v) is 15.5. The Bertz CT molecular complexity index is 1460. The molecule has 1 atom stereocenters. The lowest BCUT2D eigenvalue weighted by atomic mass is 9.90. The molecule has 1 aromatic carbocycles. The summed E-state index contributed by atoms with van der Waals surface area (Å²) in [6, 6.07) is 6.72. The summed E-state index contributed by atoms with van der Waals surface area (Å²) in [5.41, 5.74) is 3.75. The molecule has 1 N–H and O–H groups in total. The number of nitrogens with zero attached hydrogens (tertiary/aromatic N) is 9. The van der Waals surface area contributed by atoms with Gasteiger partial charge in [0, 0.05) is 43.3 Å². The number of rotatable bonds is 10. The molecule has 4 aromatic rings. The maximum absolute atomic E-state index is 6.44. The van der Waals surface area contributed by atoms with E-state index in [4.69, 9.17) is 26.2 Å². The van der Waals surface area contributed by atoms with Gasteiger partial charge in [0.15, 0.2) is 0 Å². The van der Waals surface area contributed by atoms with Crippen molar-refractivity contribution in [3.05, 3.63) is 53.8 Å². The number of halogens is 1. The second-order valence-electron chi connectivity index (χ2n) is 11.7. The zero-order valence-corrected chi connectivity index (χ0v) is 25.7. The van der Waals surface area contributed by atoms with Crippen molar-refractivity contribution < 1.29 is 9.47 Å². The molecule has 13 heteroatoms. The zero-order chi connectivity index (χ0) is 29.8. The molecular weight excluding hydrogens is 568 g/mol. The molecule has 3 aromatic heterocycles. The average Bonchev–Trinajstić information content (AvgIpc) is 3.70. The van der Waals surface area contributed by atoms with Gasteiger partial charge in [0.1, 0.15) is 18.2 Å². The first kappa shape index (κ1) is 29.5. The molecule has 1 aliphatic carbocycles. The number of ether oxygens (including phenoxy) is 2. The number of nitrogens with one attached hydrogen (secondary N) is 1. The molecule has 0 spiro atoms. The maximum atomic E-state index is 6.44. The third-order valence-electron chi connectivity index (χ3n) is 8.24. The highest BCUT2D eigenvalue weighted by Crippen LogP contribution is 2.35. The largest absolute Gasteiger partial charge is 0.487 e. The van der Waals surface area contributed by atoms with Crippen LogP contribution in [0.1, 0.15) is 64.1 Å². The summed E-state index contributed by atoms with van der Waals surface area (Å²) in [5, 5.41) is 20.2. The fourth-order valence-corrected chi connectivity index (χ4v) is 6.12. The summed E-state index contributed by atoms with van der Waals surface area (Å²) in [4.78, 5) is 11.9. The lowest BCUT2D eigenvalue weighted by molar-refractivity contribution is 0.00505. The molecule has 4 heterocycles. The van der Waals surface area contributed by atoms with Gasteiger partial charge in [-0.1, -0.05) is 31.5 Å². The van der Waals surface area contributed by atoms with E-state index in [1.165, 1.54) is 12.8 Å². The second-order valence-corrected chi connectivity index (χ2v) is 12.1. The smallest absolute Gasteiger partial charge is 0.227 e. The van der Waals surface area contributed by atoms with Gasteiger partial charge in [0.25, 0.3) is 0 Å². The van der Waals surface area contributed by atoms with Crippen LogP contribution in [0.5, 0.6) is 5.75 Å². The minimum atomic E-state index is -0.185. The van der Waals surface area contributed by atoms with E-state index in [0.717, 1.165) is 61.7 Å². The molecular formula is C30H39ClN10O2. The summed E-state index contributed by atoms with van der Waals surface area (Å²) in [6.07, 6.45) is 11.8. The van der Waals surface area contributed by atoms with Gasteiger partial charge >= 0.3 is 0 Å². The number of benzene rings is 1. The molecule has 0 amide bonds. The van der Waals surface area contributed by atoms with E-state index in [1.807, 2.05) is 25.1 Å². The molecule has 1 saturated carbocycles. The lowest BCUT2D eigenvalue weighted by Gasteiger charge is -2.38. The standard InChI is InChI=1S/C30H39ClN10O2/c1-20(2)29-27(18-41(36-29)25-7-5-24(6-8-25)39-10-12-42-13-11-39)35-30-32-15-23(16-33-30)22-4-9-26(31)28(14-22)43-21(3)17-40-19-34-37-38-40/h4,9,14-16,18-21,24-25H,5-8,10-13,17H2,1-3H3,(H,32,33,35)/t21-,24-,25-/m0/s1. The van der Waals surface area contributed by atoms with Crippen molar-refractivity contribution in [3.8, 4) is 16.9 Å². The van der Waals surface area contributed by atoms with Crippen LogP contribution in [0.25, 0.3) is 11.1 Å². The van der Waals surface area contributed by atoms with Crippen LogP contribution in [0, 0.1) is 0 Å². The zero-order valence-electron chi connectivity index (χ0n) is 24.9. The van der Waals surface area contributed by atoms with Crippen LogP contribution in [0.2, 0.25) is 5.02 Å². The van der Waals surface area contributed by atoms with Gasteiger partial charge < -0.3 is 14.8 Å². The van der Waals surface area contributed by atoms with Crippen molar-refractivity contribution in [3.63, 3.8) is 0 Å². The SMILES string of the molecule is CC(C)c1nn([C@H]2CC[C@H](N3CCOCC3)CC2)cc1Nc1ncc(-c2ccc(Cl)c(O[C@@H](C)Cn3cnnn3)c2)cn1. The molecule has 12 nitrogen and oxygen atoms in total. The highest BCUT2D eigenvalue weighted by atomic mass is 35.5. The van der Waals surface area contributed by atoms with E-state index < -0.39 is 0 Å². The van der Waals surface area contributed by atoms with E-state index >= 15 is 0 Å². The number of hydrogen-bond acceptors (Lipinski definition) is 10. The Morgan fingerprint density at radius 1 is 1.02 bits per heavy atom. The summed E-state index contributed by atoms with van der Waals surface area (Å²) >= 11 is 6.44. The van der Waals surface area contributed by atoms with Crippen molar-refractivity contribution in [2.75, 3.05) is 31.6 Å². The Labute approximate surface area is 256 Å². The van der Waals surface area contributed by atoms with Gasteiger partial charge in [-0.15, -0.1) is 5.10 Å². The number of anilines is 2. The molecule has 0 bridgehead atoms. The van der Waals surface area contributed by atoms with Crippen LogP contribution in [0.15, 0.2) is 43.1 Å². The Morgan fingerprint density at radius 2 is 1.77 bits per heavy atom. The lowest BCUT2D eigenvalue weighted by Crippen LogP contribution is -2.45. The molecule has 43 heavy (non-hydrogen) atoms. The van der Waals surface area contributed by atoms with Crippen LogP contribution >= 0.6 is 11.6 Å². The van der Waals surface area contributed by atoms with E-state index in [9.17, 15) is 0 Å². The molecule has 1 aliphatic heterocycles. The van der Waals surface area contributed by atoms with E-state index in [0.29, 0.717) is 35.3 Å². The van der Waals surface area contributed by atoms with Crippen molar-refractivity contribution >= 4 is 23.2 Å². The fourth-order valence-electron chi connectivity index (χ4n) is 5.96. The summed E-state index contributed by atoms with van der Waals surface area (Å²) in [7, 11) is 0. The second kappa shape index (κ2) is 13.4. The van der Waals surface area contributed by atoms with Gasteiger partial charge in [-0.05, 0) is 66.6 Å². The third-order valence-corrected chi connectivity index (χ3v) is 8.55. The molecule has 0 radical (unpaired) electrons. The van der Waals surface area contributed by atoms with Crippen molar-refractivity contribution in [2.24, 2.45) is 0 Å². The monoisotopic (exact) mass is 606 g/mol. The van der Waals surface area contributed by atoms with Crippen molar-refractivity contribution in [2.45, 2.75) is 77.1 Å². The third kappa shape index (κ3) is 7.14. The highest BCUT2D eigenvalue weighted by Gasteiger charge is 2.29. The minimum absolute atomic E-state index is 0.185. The summed E-state index contributed by atoms with van der Waals surface area (Å²) in [6.45, 7) is 10.6. The molecule has 2 aliphatic rings. The van der Waals surface area contributed by atoms with Gasteiger partial charge in [0.05, 0.1) is 42.2 Å². The maximum Gasteiger partial charge on any atom is 0.227 e. The Morgan fingerprint density at radius 3 is 2.47 bits per heavy atom. The first-order valence-electron chi connectivity index (χ1n) is 15.1. The number of tetrazole rings is 1. The van der Waals surface area contributed by atoms with Crippen molar-refractivity contribution in [1.29, 1.82) is 0 Å². The fraction of sp³-hybridized carbons (Fsp3) is 0.533. The van der Waals surface area contributed by atoms with Crippen molar-refractivity contribution in [1.82, 2.24) is 44.9 Å². The predicted octanol–water partition coefficient (Wildman–Crippen LogP) is 5.13. The van der Waals surface area contributed by atoms with E-state index in [2.05, 4.69) is 60.4 Å². The van der Waals surface area contributed by atoms with Crippen LogP contribution in [0.4, 0.5) is 11.6 Å². The Kier molecular flexibility index (Phi) is 9.15. The predicted molar refractivity (Wildman–Crippen MR) is 164 cm³/mol. The molecule has 1 saturated heterocycles. The van der Waals surface area contributed by atoms with Gasteiger partial charge in [-0.3, -0.25) is 9.58 Å². The number of morpholine rings is 1. The van der Waals surface area contributed by atoms with E-state index in [1.54, 1.807) is 23.4 Å². The summed E-state index contributed by atoms with van der Waals surface area (Å²) in [5.74, 6) is 1.38. The Hall–Kier alpha value is -3.61. The molecule has 0 unspecified atom stereocenters. The highest BCUT2D eigenvalue weighted by molar-refractivity contribution is 6.32. The number of aromatic nitrogens is 8. The summed E-state index contributed by atoms with van der Waals surface area (Å²) < 4.78 is 15.4. The van der Waals surface area contributed by atoms with Crippen LogP contribution in [-0.2, 0) is 11.3 Å². The van der Waals surface area contributed by atoms with Gasteiger partial charge in [-0.25, -0.2) is 14.6 Å². The van der Waals surface area contributed by atoms with E-state index in [-0.39, 0.29) is 12.0 Å². The topological polar surface area (TPSA) is 121 Å². The van der Waals surface area contributed by atoms with Crippen LogP contribution < -0.4 is 10.1 Å². The molecule has 228 valence electrons. The van der Waals surface area contributed by atoms with Gasteiger partial charge in [-0.2, -0.15) is 5.10 Å². The number of hydrogen-bond donors (Lipinski definition) is 1. The minimum Gasteiger partial charge on any atom is -0.487 e. The Balaban J connectivity index is 1.11. The quantitative estimate of drug-likeness (QED) is 0.260. The molecule has 6 rings (SSSR count). The normalized spacial score (nSPS) is 20.3. The molecule has 2 fully saturated rings. The van der Waals surface area contributed by atoms with Crippen LogP contribution in [-0.4, -0.2) is 83.3 Å². The average molecular weight is 607 g/mol. The van der Waals surface area contributed by atoms with Gasteiger partial charge in [0.2, 0.25) is 5.95 Å². The first-order chi connectivity index (χ1) is 20.9. The van der Waals surface area contributed by atoms with Crippen LogP contribution in [0.3, 0.4) is 0 Å².